The fourth-order valence-corrected chi connectivity index (χ4v) is 0.973. The quantitative estimate of drug-likeness (QED) is 0.468. The fourth-order valence-electron chi connectivity index (χ4n) is 0.973. The van der Waals surface area contributed by atoms with Crippen molar-refractivity contribution in [2.24, 2.45) is 0 Å². The third-order valence-electron chi connectivity index (χ3n) is 1.49. The van der Waals surface area contributed by atoms with E-state index in [1.54, 1.807) is 27.7 Å². The summed E-state index contributed by atoms with van der Waals surface area (Å²) in [7, 11) is 0. The summed E-state index contributed by atoms with van der Waals surface area (Å²) in [4.78, 5) is 11.4. The maximum absolute atomic E-state index is 11.4. The molecule has 0 spiro atoms. The molecule has 0 aliphatic carbocycles. The van der Waals surface area contributed by atoms with E-state index < -0.39 is 11.8 Å². The number of rotatable bonds is 6. The van der Waals surface area contributed by atoms with E-state index in [0.29, 0.717) is 19.8 Å². The number of hydrogen-bond acceptors (Lipinski definition) is 4. The van der Waals surface area contributed by atoms with Gasteiger partial charge in [0.25, 0.3) is 5.79 Å². The highest BCUT2D eigenvalue weighted by atomic mass is 16.7. The average molecular weight is 190 g/mol. The molecule has 0 aromatic heterocycles. The molecule has 0 fully saturated rings. The lowest BCUT2D eigenvalue weighted by atomic mass is 10.3. The van der Waals surface area contributed by atoms with E-state index in [2.05, 4.69) is 0 Å². The van der Waals surface area contributed by atoms with E-state index in [9.17, 15) is 4.79 Å². The minimum Gasteiger partial charge on any atom is -0.462 e. The second kappa shape index (κ2) is 5.94. The summed E-state index contributed by atoms with van der Waals surface area (Å²) < 4.78 is 15.2. The molecule has 0 N–H and O–H groups in total. The fraction of sp³-hybridized carbons (Fsp3) is 0.889. The summed E-state index contributed by atoms with van der Waals surface area (Å²) in [5, 5.41) is 0. The Hall–Kier alpha value is -0.610. The number of carbonyl (C=O) groups is 1. The third-order valence-corrected chi connectivity index (χ3v) is 1.49. The van der Waals surface area contributed by atoms with Gasteiger partial charge in [-0.3, -0.25) is 0 Å². The van der Waals surface area contributed by atoms with Gasteiger partial charge < -0.3 is 14.2 Å². The van der Waals surface area contributed by atoms with Gasteiger partial charge in [-0.05, 0) is 20.8 Å². The SMILES string of the molecule is CCOC(=O)C(C)(OCC)OCC. The van der Waals surface area contributed by atoms with Crippen LogP contribution >= 0.6 is 0 Å². The van der Waals surface area contributed by atoms with Gasteiger partial charge in [-0.25, -0.2) is 4.79 Å². The summed E-state index contributed by atoms with van der Waals surface area (Å²) in [6.07, 6.45) is 0. The summed E-state index contributed by atoms with van der Waals surface area (Å²) >= 11 is 0. The minimum absolute atomic E-state index is 0.328. The van der Waals surface area contributed by atoms with Gasteiger partial charge in [0.1, 0.15) is 0 Å². The second-order valence-electron chi connectivity index (χ2n) is 2.53. The molecule has 0 aromatic rings. The summed E-state index contributed by atoms with van der Waals surface area (Å²) in [5.74, 6) is -1.72. The van der Waals surface area contributed by atoms with Gasteiger partial charge in [0.15, 0.2) is 0 Å². The van der Waals surface area contributed by atoms with Crippen molar-refractivity contribution in [3.63, 3.8) is 0 Å². The Morgan fingerprint density at radius 2 is 1.54 bits per heavy atom. The number of ether oxygens (including phenoxy) is 3. The van der Waals surface area contributed by atoms with Gasteiger partial charge in [-0.2, -0.15) is 0 Å². The van der Waals surface area contributed by atoms with Crippen molar-refractivity contribution in [2.45, 2.75) is 33.5 Å². The monoisotopic (exact) mass is 190 g/mol. The molecular formula is C9H18O4. The first kappa shape index (κ1) is 12.4. The van der Waals surface area contributed by atoms with Crippen molar-refractivity contribution in [3.8, 4) is 0 Å². The van der Waals surface area contributed by atoms with Crippen molar-refractivity contribution >= 4 is 5.97 Å². The van der Waals surface area contributed by atoms with E-state index in [1.807, 2.05) is 0 Å². The number of esters is 1. The van der Waals surface area contributed by atoms with E-state index in [-0.39, 0.29) is 0 Å². The standard InChI is InChI=1S/C9H18O4/c1-5-11-8(10)9(4,12-6-2)13-7-3/h5-7H2,1-4H3. The van der Waals surface area contributed by atoms with Gasteiger partial charge in [-0.1, -0.05) is 0 Å². The molecule has 0 aromatic carbocycles. The first-order valence-electron chi connectivity index (χ1n) is 4.55. The van der Waals surface area contributed by atoms with Crippen molar-refractivity contribution < 1.29 is 19.0 Å². The Morgan fingerprint density at radius 1 is 1.08 bits per heavy atom. The molecule has 0 unspecified atom stereocenters. The van der Waals surface area contributed by atoms with Crippen LogP contribution in [0, 0.1) is 0 Å². The highest BCUT2D eigenvalue weighted by Gasteiger charge is 2.36. The van der Waals surface area contributed by atoms with Crippen molar-refractivity contribution in [1.29, 1.82) is 0 Å². The number of hydrogen-bond donors (Lipinski definition) is 0. The van der Waals surface area contributed by atoms with Gasteiger partial charge in [0.05, 0.1) is 6.61 Å². The van der Waals surface area contributed by atoms with E-state index in [0.717, 1.165) is 0 Å². The Kier molecular flexibility index (Phi) is 5.66. The molecule has 0 rings (SSSR count). The van der Waals surface area contributed by atoms with E-state index in [1.165, 1.54) is 0 Å². The van der Waals surface area contributed by atoms with Crippen LogP contribution in [0.15, 0.2) is 0 Å². The highest BCUT2D eigenvalue weighted by molar-refractivity contribution is 5.77. The normalized spacial score (nSPS) is 11.4. The first-order chi connectivity index (χ1) is 6.10. The first-order valence-corrected chi connectivity index (χ1v) is 4.55. The van der Waals surface area contributed by atoms with Gasteiger partial charge in [0, 0.05) is 20.1 Å². The Morgan fingerprint density at radius 3 is 1.85 bits per heavy atom. The van der Waals surface area contributed by atoms with E-state index >= 15 is 0 Å². The summed E-state index contributed by atoms with van der Waals surface area (Å²) in [5.41, 5.74) is 0. The molecule has 0 heterocycles. The zero-order chi connectivity index (χ0) is 10.3. The molecule has 0 saturated carbocycles. The smallest absolute Gasteiger partial charge is 0.366 e. The van der Waals surface area contributed by atoms with E-state index in [4.69, 9.17) is 14.2 Å². The predicted molar refractivity (Wildman–Crippen MR) is 48.3 cm³/mol. The second-order valence-corrected chi connectivity index (χ2v) is 2.53. The molecule has 0 amide bonds. The van der Waals surface area contributed by atoms with Crippen LogP contribution in [0.3, 0.4) is 0 Å². The largest absolute Gasteiger partial charge is 0.462 e. The van der Waals surface area contributed by atoms with Crippen LogP contribution < -0.4 is 0 Å². The van der Waals surface area contributed by atoms with Crippen LogP contribution in [0.2, 0.25) is 0 Å². The molecule has 4 heteroatoms. The Bertz CT molecular complexity index is 150. The molecule has 0 atom stereocenters. The van der Waals surface area contributed by atoms with Crippen LogP contribution in [0.1, 0.15) is 27.7 Å². The summed E-state index contributed by atoms with van der Waals surface area (Å²) in [6.45, 7) is 8.07. The molecule has 0 saturated heterocycles. The topological polar surface area (TPSA) is 44.8 Å². The molecule has 0 radical (unpaired) electrons. The van der Waals surface area contributed by atoms with Gasteiger partial charge in [-0.15, -0.1) is 0 Å². The zero-order valence-corrected chi connectivity index (χ0v) is 8.75. The van der Waals surface area contributed by atoms with Crippen LogP contribution in [-0.4, -0.2) is 31.6 Å². The molecule has 13 heavy (non-hydrogen) atoms. The van der Waals surface area contributed by atoms with Crippen LogP contribution in [0.25, 0.3) is 0 Å². The summed E-state index contributed by atoms with van der Waals surface area (Å²) in [6, 6.07) is 0. The maximum atomic E-state index is 11.4. The van der Waals surface area contributed by atoms with Crippen molar-refractivity contribution in [2.75, 3.05) is 19.8 Å². The van der Waals surface area contributed by atoms with Crippen LogP contribution in [0.5, 0.6) is 0 Å². The Labute approximate surface area is 79.2 Å². The maximum Gasteiger partial charge on any atom is 0.366 e. The van der Waals surface area contributed by atoms with Crippen LogP contribution in [-0.2, 0) is 19.0 Å². The van der Waals surface area contributed by atoms with Crippen LogP contribution in [0.4, 0.5) is 0 Å². The van der Waals surface area contributed by atoms with Gasteiger partial charge in [0.2, 0.25) is 0 Å². The Balaban J connectivity index is 4.27. The molecule has 0 aliphatic rings. The predicted octanol–water partition coefficient (Wildman–Crippen LogP) is 1.34. The minimum atomic E-state index is -1.25. The molecular weight excluding hydrogens is 172 g/mol. The van der Waals surface area contributed by atoms with Crippen molar-refractivity contribution in [3.05, 3.63) is 0 Å². The van der Waals surface area contributed by atoms with Crippen molar-refractivity contribution in [1.82, 2.24) is 0 Å². The zero-order valence-electron chi connectivity index (χ0n) is 8.75. The molecule has 0 bridgehead atoms. The number of carbonyl (C=O) groups excluding carboxylic acids is 1. The third kappa shape index (κ3) is 3.74. The lowest BCUT2D eigenvalue weighted by molar-refractivity contribution is -0.237. The lowest BCUT2D eigenvalue weighted by Crippen LogP contribution is -2.42. The molecule has 4 nitrogen and oxygen atoms in total. The highest BCUT2D eigenvalue weighted by Crippen LogP contribution is 2.14. The van der Waals surface area contributed by atoms with Gasteiger partial charge >= 0.3 is 5.97 Å². The molecule has 78 valence electrons. The molecule has 0 aliphatic heterocycles. The average Bonchev–Trinajstić information content (AvgIpc) is 2.05. The lowest BCUT2D eigenvalue weighted by Gasteiger charge is -2.26.